The number of isothiocyanates is 3. The van der Waals surface area contributed by atoms with Crippen molar-refractivity contribution < 1.29 is 94.1 Å². The van der Waals surface area contributed by atoms with E-state index in [4.69, 9.17) is 48.7 Å². The van der Waals surface area contributed by atoms with Gasteiger partial charge in [-0.3, -0.25) is 14.4 Å². The van der Waals surface area contributed by atoms with Crippen LogP contribution in [0.1, 0.15) is 19.3 Å². The second-order valence-electron chi connectivity index (χ2n) is 4.84. The standard InChI is InChI=1S/3C4H7NO4.3CNS.2Cr/c3*5-2(4(8)9)1-3(6)7;3*2-1-3;;/h3*2H,1,5H2,(H,6,7)(H,8,9);;;;;/q;;;3*-1;2*+3/p-3/t3*2-;;;;;/m000...../s1. The summed E-state index contributed by atoms with van der Waals surface area (Å²) in [6.07, 6.45) is -1.78. The van der Waals surface area contributed by atoms with Crippen molar-refractivity contribution in [3.63, 3.8) is 0 Å². The van der Waals surface area contributed by atoms with Crippen LogP contribution in [0.5, 0.6) is 0 Å². The van der Waals surface area contributed by atoms with Gasteiger partial charge in [0.15, 0.2) is 0 Å². The molecule has 0 fully saturated rings. The Morgan fingerprint density at radius 1 is 0.579 bits per heavy atom. The topological polar surface area (TPSA) is 377 Å². The zero-order valence-electron chi connectivity index (χ0n) is 18.5. The van der Waals surface area contributed by atoms with Crippen molar-refractivity contribution in [3.05, 3.63) is 16.2 Å². The molecule has 0 amide bonds. The summed E-state index contributed by atoms with van der Waals surface area (Å²) in [6.45, 7) is 0. The summed E-state index contributed by atoms with van der Waals surface area (Å²) in [6, 6.07) is -4.20. The van der Waals surface area contributed by atoms with Crippen LogP contribution < -0.4 is 32.5 Å². The summed E-state index contributed by atoms with van der Waals surface area (Å²) in [5.74, 6) is -8.36. The molecule has 2 radical (unpaired) electrons. The summed E-state index contributed by atoms with van der Waals surface area (Å²) in [4.78, 5) is 58.4. The van der Waals surface area contributed by atoms with Crippen LogP contribution in [0.4, 0.5) is 0 Å². The van der Waals surface area contributed by atoms with Gasteiger partial charge in [0.05, 0.1) is 55.3 Å². The fraction of sp³-hybridized carbons (Fsp3) is 0.400. The molecule has 0 spiro atoms. The quantitative estimate of drug-likeness (QED) is 0.0981. The van der Waals surface area contributed by atoms with Gasteiger partial charge in [-0.05, 0) is 0 Å². The van der Waals surface area contributed by atoms with E-state index in [1.165, 1.54) is 15.5 Å². The smallest absolute Gasteiger partial charge is 0.753 e. The summed E-state index contributed by atoms with van der Waals surface area (Å²) in [5, 5.41) is 78.5. The van der Waals surface area contributed by atoms with Gasteiger partial charge in [-0.15, -0.1) is 0 Å². The minimum atomic E-state index is -1.54. The van der Waals surface area contributed by atoms with Gasteiger partial charge in [-0.1, -0.05) is 36.7 Å². The molecule has 0 aliphatic heterocycles. The van der Waals surface area contributed by atoms with Gasteiger partial charge in [0.25, 0.3) is 0 Å². The summed E-state index contributed by atoms with van der Waals surface area (Å²) in [5.41, 5.74) is 14.3. The molecule has 9 N–H and O–H groups in total. The van der Waals surface area contributed by atoms with E-state index >= 15 is 0 Å². The van der Waals surface area contributed by atoms with Gasteiger partial charge in [-0.2, -0.15) is 15.5 Å². The molecular formula is C15H18Cr2N6O12S3. The van der Waals surface area contributed by atoms with Crippen LogP contribution in [0.25, 0.3) is 16.2 Å². The van der Waals surface area contributed by atoms with Crippen LogP contribution >= 0.6 is 36.7 Å². The van der Waals surface area contributed by atoms with Gasteiger partial charge in [0, 0.05) is 0 Å². The number of aliphatic carboxylic acids is 6. The van der Waals surface area contributed by atoms with Crippen molar-refractivity contribution in [1.82, 2.24) is 0 Å². The normalized spacial score (nSPS) is 9.55. The molecule has 0 bridgehead atoms. The maximum Gasteiger partial charge on any atom is 3.00 e. The minimum Gasteiger partial charge on any atom is -0.753 e. The third kappa shape index (κ3) is 76.6. The monoisotopic (exact) mass is 674 g/mol. The Kier molecular flexibility index (Phi) is 60.5. The number of nitrogens with two attached hydrogens (primary N) is 3. The van der Waals surface area contributed by atoms with E-state index in [9.17, 15) is 44.1 Å². The molecule has 0 heterocycles. The van der Waals surface area contributed by atoms with Gasteiger partial charge in [-0.25, -0.2) is 0 Å². The summed E-state index contributed by atoms with van der Waals surface area (Å²) >= 11 is 11.1. The Morgan fingerprint density at radius 2 is 0.684 bits per heavy atom. The molecule has 18 nitrogen and oxygen atoms in total. The van der Waals surface area contributed by atoms with Gasteiger partial charge in [0.1, 0.15) is 0 Å². The third-order valence-electron chi connectivity index (χ3n) is 2.09. The van der Waals surface area contributed by atoms with E-state index in [0.717, 1.165) is 0 Å². The van der Waals surface area contributed by atoms with Crippen molar-refractivity contribution in [2.24, 2.45) is 17.2 Å². The Balaban J connectivity index is -0.0000000500. The number of hydrogen-bond donors (Lipinski definition) is 6. The van der Waals surface area contributed by atoms with Crippen molar-refractivity contribution in [1.29, 1.82) is 0 Å². The first-order valence-corrected chi connectivity index (χ1v) is 9.17. The maximum atomic E-state index is 9.74. The van der Waals surface area contributed by atoms with E-state index in [1.807, 2.05) is 0 Å². The Labute approximate surface area is 252 Å². The average Bonchev–Trinajstić information content (AvgIpc) is 2.69. The molecule has 0 aliphatic rings. The predicted molar refractivity (Wildman–Crippen MR) is 124 cm³/mol. The van der Waals surface area contributed by atoms with Gasteiger partial charge < -0.3 is 78.5 Å². The Hall–Kier alpha value is -2.84. The Bertz CT molecular complexity index is 715. The molecule has 0 unspecified atom stereocenters. The van der Waals surface area contributed by atoms with E-state index in [0.29, 0.717) is 0 Å². The largest absolute Gasteiger partial charge is 3.00 e. The van der Waals surface area contributed by atoms with Crippen LogP contribution in [-0.2, 0) is 63.5 Å². The molecule has 3 atom stereocenters. The number of nitrogens with zero attached hydrogens (tertiary/aromatic N) is 3. The second kappa shape index (κ2) is 41.3. The molecular weight excluding hydrogens is 656 g/mol. The van der Waals surface area contributed by atoms with E-state index in [1.54, 1.807) is 0 Å². The number of carboxylic acid groups (broad SMARTS) is 6. The first-order chi connectivity index (χ1) is 16.4. The molecule has 0 aromatic rings. The maximum absolute atomic E-state index is 9.74. The van der Waals surface area contributed by atoms with Crippen LogP contribution in [0.3, 0.4) is 0 Å². The number of rotatable bonds is 9. The van der Waals surface area contributed by atoms with Crippen LogP contribution in [0.15, 0.2) is 0 Å². The summed E-state index contributed by atoms with van der Waals surface area (Å²) in [7, 11) is 0. The fourth-order valence-electron chi connectivity index (χ4n) is 0.814. The Morgan fingerprint density at radius 3 is 0.711 bits per heavy atom. The molecule has 0 saturated carbocycles. The van der Waals surface area contributed by atoms with Crippen molar-refractivity contribution in [2.45, 2.75) is 37.4 Å². The predicted octanol–water partition coefficient (Wildman–Crippen LogP) is -5.41. The number of carbonyl (C=O) groups is 6. The zero-order chi connectivity index (χ0) is 30.4. The number of carbonyl (C=O) groups excluding carboxylic acids is 3. The van der Waals surface area contributed by atoms with E-state index < -0.39 is 73.2 Å². The fourth-order valence-corrected chi connectivity index (χ4v) is 0.814. The van der Waals surface area contributed by atoms with Gasteiger partial charge >= 0.3 is 52.6 Å². The molecule has 38 heavy (non-hydrogen) atoms. The summed E-state index contributed by atoms with van der Waals surface area (Å²) < 4.78 is 0. The van der Waals surface area contributed by atoms with Crippen LogP contribution in [-0.4, -0.2) is 84.7 Å². The number of thiocarbonyl (C=S) groups is 3. The molecule has 0 aromatic carbocycles. The first-order valence-electron chi connectivity index (χ1n) is 7.94. The molecule has 0 aliphatic carbocycles. The zero-order valence-corrected chi connectivity index (χ0v) is 23.5. The average molecular weight is 675 g/mol. The van der Waals surface area contributed by atoms with Crippen LogP contribution in [0.2, 0.25) is 0 Å². The van der Waals surface area contributed by atoms with E-state index in [2.05, 4.69) is 36.7 Å². The molecule has 0 aromatic heterocycles. The van der Waals surface area contributed by atoms with Gasteiger partial charge in [0.2, 0.25) is 0 Å². The molecule has 0 saturated heterocycles. The van der Waals surface area contributed by atoms with E-state index in [-0.39, 0.29) is 34.7 Å². The number of hydrogen-bond acceptors (Lipinski definition) is 15. The van der Waals surface area contributed by atoms with Crippen molar-refractivity contribution in [2.75, 3.05) is 0 Å². The third-order valence-corrected chi connectivity index (χ3v) is 2.09. The first kappa shape index (κ1) is 55.6. The SMILES string of the molecule is N[C@@H](CC(=O)O)C(=O)[O-].N[C@@H](CC(=O)O)C(=O)[O-].N[C@@H](CC(=O)O)C(=O)[O-].[Cr+3].[Cr+3].[N-]=C=S.[N-]=C=S.[N-]=C=S. The van der Waals surface area contributed by atoms with Crippen molar-refractivity contribution >= 4 is 88.0 Å². The van der Waals surface area contributed by atoms with Crippen molar-refractivity contribution in [3.8, 4) is 0 Å². The molecule has 210 valence electrons. The molecule has 0 rings (SSSR count). The van der Waals surface area contributed by atoms with Crippen LogP contribution in [0, 0.1) is 0 Å². The number of carboxylic acids is 6. The second-order valence-corrected chi connectivity index (χ2v) is 5.39. The molecule has 23 heteroatoms. The minimum absolute atomic E-state index is 0.